The zero-order chi connectivity index (χ0) is 12.9. The lowest BCUT2D eigenvalue weighted by Crippen LogP contribution is -2.32. The van der Waals surface area contributed by atoms with E-state index in [1.807, 2.05) is 51.4 Å². The molecule has 0 aliphatic heterocycles. The molecule has 0 radical (unpaired) electrons. The van der Waals surface area contributed by atoms with Crippen LogP contribution in [0.5, 0.6) is 0 Å². The summed E-state index contributed by atoms with van der Waals surface area (Å²) in [5.74, 6) is -0.241. The molecule has 0 aromatic heterocycles. The van der Waals surface area contributed by atoms with Crippen LogP contribution in [0.15, 0.2) is 30.3 Å². The monoisotopic (exact) mass is 235 g/mol. The van der Waals surface area contributed by atoms with Crippen molar-refractivity contribution < 1.29 is 9.53 Å². The summed E-state index contributed by atoms with van der Waals surface area (Å²) in [6.45, 7) is 4.29. The lowest BCUT2D eigenvalue weighted by Gasteiger charge is -2.30. The molecule has 94 valence electrons. The normalized spacial score (nSPS) is 14.4. The maximum atomic E-state index is 11.2. The number of nitrogens with zero attached hydrogens (tertiary/aromatic N) is 1. The number of benzene rings is 1. The molecule has 0 amide bonds. The van der Waals surface area contributed by atoms with Crippen LogP contribution in [0.4, 0.5) is 0 Å². The summed E-state index contributed by atoms with van der Waals surface area (Å²) in [6, 6.07) is 9.89. The molecule has 1 aromatic carbocycles. The summed E-state index contributed by atoms with van der Waals surface area (Å²) in [7, 11) is 4.03. The Morgan fingerprint density at radius 2 is 1.88 bits per heavy atom. The van der Waals surface area contributed by atoms with E-state index in [1.54, 1.807) is 0 Å². The summed E-state index contributed by atoms with van der Waals surface area (Å²) < 4.78 is 5.51. The van der Waals surface area contributed by atoms with Crippen LogP contribution < -0.4 is 0 Å². The molecule has 0 saturated carbocycles. The van der Waals surface area contributed by atoms with Gasteiger partial charge in [-0.15, -0.1) is 0 Å². The van der Waals surface area contributed by atoms with E-state index in [9.17, 15) is 4.79 Å². The molecule has 0 bridgehead atoms. The van der Waals surface area contributed by atoms with E-state index in [-0.39, 0.29) is 5.97 Å². The fourth-order valence-electron chi connectivity index (χ4n) is 1.80. The molecule has 3 nitrogen and oxygen atoms in total. The molecular formula is C14H21NO2. The first-order valence-electron chi connectivity index (χ1n) is 5.84. The van der Waals surface area contributed by atoms with E-state index in [4.69, 9.17) is 4.74 Å². The number of hydrogen-bond donors (Lipinski definition) is 0. The second-order valence-electron chi connectivity index (χ2n) is 4.74. The van der Waals surface area contributed by atoms with Gasteiger partial charge in [-0.05, 0) is 26.6 Å². The average molecular weight is 235 g/mol. The van der Waals surface area contributed by atoms with Crippen molar-refractivity contribution in [3.05, 3.63) is 35.9 Å². The van der Waals surface area contributed by atoms with E-state index in [1.165, 1.54) is 6.92 Å². The van der Waals surface area contributed by atoms with Gasteiger partial charge in [-0.3, -0.25) is 4.79 Å². The van der Waals surface area contributed by atoms with Crippen LogP contribution in [0.1, 0.15) is 25.8 Å². The Kier molecular flexibility index (Phi) is 4.70. The third kappa shape index (κ3) is 4.19. The first-order valence-corrected chi connectivity index (χ1v) is 5.84. The molecule has 17 heavy (non-hydrogen) atoms. The Morgan fingerprint density at radius 3 is 2.35 bits per heavy atom. The van der Waals surface area contributed by atoms with E-state index in [0.29, 0.717) is 0 Å². The Labute approximate surface area is 103 Å². The van der Waals surface area contributed by atoms with Gasteiger partial charge in [0.1, 0.15) is 5.60 Å². The summed E-state index contributed by atoms with van der Waals surface area (Å²) >= 11 is 0. The minimum Gasteiger partial charge on any atom is -0.455 e. The molecule has 0 spiro atoms. The third-order valence-corrected chi connectivity index (χ3v) is 2.79. The van der Waals surface area contributed by atoms with E-state index < -0.39 is 5.60 Å². The molecule has 0 fully saturated rings. The lowest BCUT2D eigenvalue weighted by atomic mass is 9.92. The molecule has 3 heteroatoms. The van der Waals surface area contributed by atoms with Crippen LogP contribution >= 0.6 is 0 Å². The van der Waals surface area contributed by atoms with Crippen molar-refractivity contribution in [1.29, 1.82) is 0 Å². The van der Waals surface area contributed by atoms with Gasteiger partial charge in [0, 0.05) is 19.9 Å². The molecule has 0 aliphatic rings. The summed E-state index contributed by atoms with van der Waals surface area (Å²) in [6.07, 6.45) is 0.781. The maximum absolute atomic E-state index is 11.2. The molecular weight excluding hydrogens is 214 g/mol. The van der Waals surface area contributed by atoms with Gasteiger partial charge in [-0.2, -0.15) is 0 Å². The fourth-order valence-corrected chi connectivity index (χ4v) is 1.80. The van der Waals surface area contributed by atoms with Gasteiger partial charge in [0.2, 0.25) is 0 Å². The smallest absolute Gasteiger partial charge is 0.303 e. The number of rotatable bonds is 5. The SMILES string of the molecule is CC(=O)OC(C)(CCN(C)C)c1ccccc1. The zero-order valence-electron chi connectivity index (χ0n) is 11.1. The highest BCUT2D eigenvalue weighted by Gasteiger charge is 2.29. The van der Waals surface area contributed by atoms with Crippen molar-refractivity contribution in [2.45, 2.75) is 25.9 Å². The Balaban J connectivity index is 2.89. The highest BCUT2D eigenvalue weighted by molar-refractivity contribution is 5.66. The minimum atomic E-state index is -0.544. The van der Waals surface area contributed by atoms with Gasteiger partial charge >= 0.3 is 5.97 Å². The molecule has 0 saturated heterocycles. The number of ether oxygens (including phenoxy) is 1. The number of hydrogen-bond acceptors (Lipinski definition) is 3. The van der Waals surface area contributed by atoms with Crippen LogP contribution in [-0.4, -0.2) is 31.5 Å². The van der Waals surface area contributed by atoms with Crippen molar-refractivity contribution in [2.24, 2.45) is 0 Å². The van der Waals surface area contributed by atoms with Crippen molar-refractivity contribution in [1.82, 2.24) is 4.90 Å². The van der Waals surface area contributed by atoms with Gasteiger partial charge in [0.15, 0.2) is 0 Å². The quantitative estimate of drug-likeness (QED) is 0.734. The Morgan fingerprint density at radius 1 is 1.29 bits per heavy atom. The van der Waals surface area contributed by atoms with E-state index in [0.717, 1.165) is 18.5 Å². The predicted octanol–water partition coefficient (Wildman–Crippen LogP) is 2.42. The zero-order valence-corrected chi connectivity index (χ0v) is 11.1. The molecule has 1 atom stereocenters. The van der Waals surface area contributed by atoms with Gasteiger partial charge in [0.25, 0.3) is 0 Å². The minimum absolute atomic E-state index is 0.241. The van der Waals surface area contributed by atoms with Crippen molar-refractivity contribution in [2.75, 3.05) is 20.6 Å². The van der Waals surface area contributed by atoms with Crippen molar-refractivity contribution in [3.8, 4) is 0 Å². The second kappa shape index (κ2) is 5.82. The van der Waals surface area contributed by atoms with Crippen LogP contribution in [0.2, 0.25) is 0 Å². The average Bonchev–Trinajstić information content (AvgIpc) is 2.27. The number of carbonyl (C=O) groups excluding carboxylic acids is 1. The first-order chi connectivity index (χ1) is 7.94. The number of esters is 1. The van der Waals surface area contributed by atoms with Crippen LogP contribution in [0.3, 0.4) is 0 Å². The fraction of sp³-hybridized carbons (Fsp3) is 0.500. The van der Waals surface area contributed by atoms with Gasteiger partial charge < -0.3 is 9.64 Å². The molecule has 1 unspecified atom stereocenters. The van der Waals surface area contributed by atoms with Gasteiger partial charge in [-0.25, -0.2) is 0 Å². The number of carbonyl (C=O) groups is 1. The van der Waals surface area contributed by atoms with Crippen molar-refractivity contribution in [3.63, 3.8) is 0 Å². The molecule has 0 aliphatic carbocycles. The summed E-state index contributed by atoms with van der Waals surface area (Å²) in [4.78, 5) is 13.3. The Hall–Kier alpha value is -1.35. The molecule has 1 rings (SSSR count). The largest absolute Gasteiger partial charge is 0.455 e. The third-order valence-electron chi connectivity index (χ3n) is 2.79. The predicted molar refractivity (Wildman–Crippen MR) is 68.7 cm³/mol. The van der Waals surface area contributed by atoms with Gasteiger partial charge in [-0.1, -0.05) is 30.3 Å². The van der Waals surface area contributed by atoms with Crippen molar-refractivity contribution >= 4 is 5.97 Å². The van der Waals surface area contributed by atoms with Crippen LogP contribution in [0.25, 0.3) is 0 Å². The highest BCUT2D eigenvalue weighted by Crippen LogP contribution is 2.29. The van der Waals surface area contributed by atoms with Crippen LogP contribution in [-0.2, 0) is 15.1 Å². The lowest BCUT2D eigenvalue weighted by molar-refractivity contribution is -0.157. The first kappa shape index (κ1) is 13.7. The molecule has 0 N–H and O–H groups in total. The molecule has 0 heterocycles. The van der Waals surface area contributed by atoms with Crippen LogP contribution in [0, 0.1) is 0 Å². The van der Waals surface area contributed by atoms with Gasteiger partial charge in [0.05, 0.1) is 0 Å². The molecule has 1 aromatic rings. The summed E-state index contributed by atoms with van der Waals surface area (Å²) in [5.41, 5.74) is 0.495. The standard InChI is InChI=1S/C14H21NO2/c1-12(16)17-14(2,10-11-15(3)4)13-8-6-5-7-9-13/h5-9H,10-11H2,1-4H3. The topological polar surface area (TPSA) is 29.5 Å². The van der Waals surface area contributed by atoms with E-state index in [2.05, 4.69) is 4.90 Å². The highest BCUT2D eigenvalue weighted by atomic mass is 16.6. The van der Waals surface area contributed by atoms with E-state index >= 15 is 0 Å². The summed E-state index contributed by atoms with van der Waals surface area (Å²) in [5, 5.41) is 0. The second-order valence-corrected chi connectivity index (χ2v) is 4.74. The Bertz CT molecular complexity index is 362. The maximum Gasteiger partial charge on any atom is 0.303 e.